The van der Waals surface area contributed by atoms with Gasteiger partial charge in [-0.2, -0.15) is 10.4 Å². The fourth-order valence-electron chi connectivity index (χ4n) is 9.80. The number of nitrogens with one attached hydrogen (secondary N) is 1. The normalized spacial score (nSPS) is 24.1. The predicted octanol–water partition coefficient (Wildman–Crippen LogP) is 5.24. The molecule has 0 saturated carbocycles. The van der Waals surface area contributed by atoms with E-state index in [0.29, 0.717) is 42.3 Å². The van der Waals surface area contributed by atoms with Gasteiger partial charge in [0.2, 0.25) is 16.9 Å². The van der Waals surface area contributed by atoms with Gasteiger partial charge in [0.25, 0.3) is 0 Å². The molecule has 58 heavy (non-hydrogen) atoms. The topological polar surface area (TPSA) is 158 Å². The number of nitriles is 1. The zero-order valence-corrected chi connectivity index (χ0v) is 33.3. The second kappa shape index (κ2) is 15.8. The number of pyridine rings is 2. The van der Waals surface area contributed by atoms with Crippen LogP contribution < -0.4 is 15.1 Å². The molecule has 1 N–H and O–H groups in total. The Morgan fingerprint density at radius 1 is 0.897 bits per heavy atom. The van der Waals surface area contributed by atoms with E-state index in [0.717, 1.165) is 122 Å². The number of fused-ring (bicyclic) bond motifs is 3. The Morgan fingerprint density at radius 3 is 2.52 bits per heavy atom. The quantitative estimate of drug-likeness (QED) is 0.184. The van der Waals surface area contributed by atoms with E-state index in [1.54, 1.807) is 17.5 Å². The van der Waals surface area contributed by atoms with Crippen molar-refractivity contribution in [2.45, 2.75) is 75.8 Å². The maximum Gasteiger partial charge on any atom is 0.234 e. The molecule has 10 heterocycles. The molecule has 10 rings (SSSR count). The van der Waals surface area contributed by atoms with Crippen LogP contribution in [0.3, 0.4) is 0 Å². The number of anilines is 2. The van der Waals surface area contributed by atoms with Gasteiger partial charge >= 0.3 is 0 Å². The van der Waals surface area contributed by atoms with E-state index in [9.17, 15) is 14.9 Å². The summed E-state index contributed by atoms with van der Waals surface area (Å²) >= 11 is 1.68. The van der Waals surface area contributed by atoms with Gasteiger partial charge < -0.3 is 14.5 Å². The highest BCUT2D eigenvalue weighted by Gasteiger charge is 2.42. The number of ether oxygens (including phenoxy) is 1. The van der Waals surface area contributed by atoms with Gasteiger partial charge in [0.05, 0.1) is 34.6 Å². The van der Waals surface area contributed by atoms with Crippen LogP contribution in [0.5, 0.6) is 0 Å². The maximum absolute atomic E-state index is 12.3. The minimum Gasteiger partial charge on any atom is -0.381 e. The summed E-state index contributed by atoms with van der Waals surface area (Å²) in [6.45, 7) is 6.70. The first-order chi connectivity index (χ1) is 28.5. The zero-order chi connectivity index (χ0) is 39.2. The second-order valence-corrected chi connectivity index (χ2v) is 17.6. The molecule has 14 nitrogen and oxygen atoms in total. The Labute approximate surface area is 341 Å². The summed E-state index contributed by atoms with van der Waals surface area (Å²) < 4.78 is 7.55. The lowest BCUT2D eigenvalue weighted by Gasteiger charge is -2.43. The van der Waals surface area contributed by atoms with Crippen molar-refractivity contribution in [3.05, 3.63) is 71.7 Å². The molecule has 298 valence electrons. The monoisotopic (exact) mass is 797 g/mol. The molecular formula is C43H47N11O3S. The number of rotatable bonds is 10. The standard InChI is InChI=1S/C43H47N11O3S/c44-19-29-17-32-6-8-38(54(32)47-20-29)37-18-30(2-1-28-13-16-57-26-28)36(22-45-37)42-49-50-43(58-42)52-24-33-4-5-34(25-52)53(33)23-27-11-14-51(15-12-27)39-9-3-31(21-46-39)35-7-10-40(55)48-41(35)56/h3,6,8-9,17-18,20-22,27-28,33-35H,1-2,4-5,7,10-16,23-26H2,(H,48,55,56)/t28-,33?,34?,35-/m1/s1. The molecule has 2 amide bonds. The van der Waals surface area contributed by atoms with E-state index in [4.69, 9.17) is 24.9 Å². The Morgan fingerprint density at radius 2 is 1.76 bits per heavy atom. The van der Waals surface area contributed by atoms with Gasteiger partial charge in [0, 0.05) is 82.4 Å². The molecule has 0 spiro atoms. The third kappa shape index (κ3) is 7.33. The van der Waals surface area contributed by atoms with Gasteiger partial charge in [-0.1, -0.05) is 17.4 Å². The van der Waals surface area contributed by atoms with E-state index in [1.165, 1.54) is 18.4 Å². The first-order valence-corrected chi connectivity index (χ1v) is 21.6. The third-order valence-electron chi connectivity index (χ3n) is 13.1. The molecule has 5 saturated heterocycles. The molecule has 4 atom stereocenters. The molecular weight excluding hydrogens is 751 g/mol. The number of carbonyl (C=O) groups excluding carboxylic acids is 2. The van der Waals surface area contributed by atoms with Crippen LogP contribution in [0, 0.1) is 23.2 Å². The Bertz CT molecular complexity index is 2340. The van der Waals surface area contributed by atoms with E-state index < -0.39 is 0 Å². The fourth-order valence-corrected chi connectivity index (χ4v) is 10.7. The third-order valence-corrected chi connectivity index (χ3v) is 14.1. The number of hydrogen-bond acceptors (Lipinski definition) is 13. The van der Waals surface area contributed by atoms with Gasteiger partial charge in [0.1, 0.15) is 11.9 Å². The number of hydrogen-bond donors (Lipinski definition) is 1. The molecule has 5 aromatic rings. The molecule has 5 fully saturated rings. The number of aryl methyl sites for hydroxylation is 1. The number of aromatic nitrogens is 6. The van der Waals surface area contributed by atoms with Crippen LogP contribution in [0.4, 0.5) is 10.9 Å². The molecule has 0 aliphatic carbocycles. The van der Waals surface area contributed by atoms with Crippen molar-refractivity contribution in [3.8, 4) is 28.0 Å². The molecule has 0 radical (unpaired) electrons. The zero-order valence-electron chi connectivity index (χ0n) is 32.5. The Balaban J connectivity index is 0.785. The molecule has 5 aliphatic heterocycles. The van der Waals surface area contributed by atoms with Gasteiger partial charge in [-0.15, -0.1) is 10.2 Å². The first-order valence-electron chi connectivity index (χ1n) is 20.8. The summed E-state index contributed by atoms with van der Waals surface area (Å²) in [6, 6.07) is 15.3. The van der Waals surface area contributed by atoms with Gasteiger partial charge in [-0.3, -0.25) is 24.8 Å². The van der Waals surface area contributed by atoms with Crippen LogP contribution in [0.2, 0.25) is 0 Å². The highest BCUT2D eigenvalue weighted by atomic mass is 32.1. The van der Waals surface area contributed by atoms with Gasteiger partial charge in [0.15, 0.2) is 5.01 Å². The van der Waals surface area contributed by atoms with Crippen molar-refractivity contribution < 1.29 is 14.3 Å². The summed E-state index contributed by atoms with van der Waals surface area (Å²) in [5, 5.41) is 27.8. The van der Waals surface area contributed by atoms with E-state index in [2.05, 4.69) is 37.3 Å². The molecule has 2 bridgehead atoms. The fraction of sp³-hybridized carbons (Fsp3) is 0.488. The summed E-state index contributed by atoms with van der Waals surface area (Å²) in [5.74, 6) is 1.45. The lowest BCUT2D eigenvalue weighted by molar-refractivity contribution is -0.134. The van der Waals surface area contributed by atoms with Crippen molar-refractivity contribution in [3.63, 3.8) is 0 Å². The summed E-state index contributed by atoms with van der Waals surface area (Å²) in [5.41, 5.74) is 6.26. The van der Waals surface area contributed by atoms with Crippen molar-refractivity contribution in [2.24, 2.45) is 11.8 Å². The largest absolute Gasteiger partial charge is 0.381 e. The first kappa shape index (κ1) is 37.0. The number of imide groups is 1. The Kier molecular flexibility index (Phi) is 10.1. The molecule has 5 aliphatic rings. The van der Waals surface area contributed by atoms with Crippen molar-refractivity contribution in [2.75, 3.05) is 55.7 Å². The van der Waals surface area contributed by atoms with Crippen LogP contribution in [-0.4, -0.2) is 105 Å². The van der Waals surface area contributed by atoms with E-state index >= 15 is 0 Å². The number of nitrogens with zero attached hydrogens (tertiary/aromatic N) is 10. The van der Waals surface area contributed by atoms with Gasteiger partial charge in [-0.25, -0.2) is 9.50 Å². The number of piperidine rings is 2. The predicted molar refractivity (Wildman–Crippen MR) is 219 cm³/mol. The summed E-state index contributed by atoms with van der Waals surface area (Å²) in [4.78, 5) is 41.2. The molecule has 15 heteroatoms. The van der Waals surface area contributed by atoms with Crippen LogP contribution in [0.1, 0.15) is 74.0 Å². The molecule has 5 aromatic heterocycles. The van der Waals surface area contributed by atoms with Crippen LogP contribution in [-0.2, 0) is 20.7 Å². The number of piperazine rings is 1. The minimum atomic E-state index is -0.303. The number of amides is 2. The van der Waals surface area contributed by atoms with Gasteiger partial charge in [-0.05, 0) is 105 Å². The SMILES string of the molecule is N#Cc1cnn2c(-c3cc(CC[C@@H]4CCOC4)c(-c4nnc(N5CC6CCC(C5)N6CC5CCN(c6ccc([C@H]7CCC(=O)NC7=O)cn6)CC5)s4)cn3)ccc2c1. The minimum absolute atomic E-state index is 0.193. The highest BCUT2D eigenvalue weighted by Crippen LogP contribution is 2.39. The van der Waals surface area contributed by atoms with Crippen molar-refractivity contribution in [1.29, 1.82) is 5.26 Å². The van der Waals surface area contributed by atoms with E-state index in [1.807, 2.05) is 47.2 Å². The van der Waals surface area contributed by atoms with Crippen molar-refractivity contribution in [1.82, 2.24) is 40.0 Å². The number of carbonyl (C=O) groups is 2. The lowest BCUT2D eigenvalue weighted by Crippen LogP contribution is -2.55. The second-order valence-electron chi connectivity index (χ2n) is 16.7. The van der Waals surface area contributed by atoms with Crippen LogP contribution in [0.25, 0.3) is 27.5 Å². The summed E-state index contributed by atoms with van der Waals surface area (Å²) in [7, 11) is 0. The van der Waals surface area contributed by atoms with Crippen LogP contribution in [0.15, 0.2) is 55.0 Å². The van der Waals surface area contributed by atoms with Crippen molar-refractivity contribution >= 4 is 39.6 Å². The molecule has 2 unspecified atom stereocenters. The summed E-state index contributed by atoms with van der Waals surface area (Å²) in [6.07, 6.45) is 14.0. The smallest absolute Gasteiger partial charge is 0.234 e. The van der Waals surface area contributed by atoms with E-state index in [-0.39, 0.29) is 17.7 Å². The average Bonchev–Trinajstić information content (AvgIpc) is 4.08. The highest BCUT2D eigenvalue weighted by molar-refractivity contribution is 7.18. The Hall–Kier alpha value is -5.30. The maximum atomic E-state index is 12.3. The van der Waals surface area contributed by atoms with Crippen LogP contribution >= 0.6 is 11.3 Å². The average molecular weight is 798 g/mol. The molecule has 0 aromatic carbocycles. The lowest BCUT2D eigenvalue weighted by atomic mass is 9.91.